The first kappa shape index (κ1) is 15.4. The number of nitrogens with one attached hydrogen (secondary N) is 1. The van der Waals surface area contributed by atoms with Crippen LogP contribution in [0.25, 0.3) is 0 Å². The zero-order valence-electron chi connectivity index (χ0n) is 11.7. The molecule has 0 heterocycles. The third-order valence-electron chi connectivity index (χ3n) is 3.32. The summed E-state index contributed by atoms with van der Waals surface area (Å²) in [5.74, 6) is 0.824. The zero-order valence-corrected chi connectivity index (χ0v) is 14.0. The van der Waals surface area contributed by atoms with Crippen LogP contribution in [0.15, 0.2) is 40.9 Å². The van der Waals surface area contributed by atoms with Crippen LogP contribution >= 0.6 is 27.5 Å². The highest BCUT2D eigenvalue weighted by Gasteiger charge is 2.17. The molecule has 1 N–H and O–H groups in total. The van der Waals surface area contributed by atoms with Crippen molar-refractivity contribution in [2.45, 2.75) is 13.0 Å². The monoisotopic (exact) mass is 353 g/mol. The van der Waals surface area contributed by atoms with Crippen LogP contribution in [0.2, 0.25) is 5.02 Å². The predicted molar refractivity (Wildman–Crippen MR) is 87.8 cm³/mol. The lowest BCUT2D eigenvalue weighted by Gasteiger charge is -2.21. The molecule has 4 heteroatoms. The molecule has 20 heavy (non-hydrogen) atoms. The van der Waals surface area contributed by atoms with Gasteiger partial charge in [-0.05, 0) is 49.4 Å². The Bertz CT molecular complexity index is 615. The van der Waals surface area contributed by atoms with E-state index in [4.69, 9.17) is 16.3 Å². The molecule has 0 radical (unpaired) electrons. The fourth-order valence-corrected chi connectivity index (χ4v) is 2.80. The summed E-state index contributed by atoms with van der Waals surface area (Å²) in [4.78, 5) is 0. The number of halogens is 2. The third kappa shape index (κ3) is 3.17. The molecule has 0 aliphatic carbocycles. The van der Waals surface area contributed by atoms with Crippen LogP contribution in [0.3, 0.4) is 0 Å². The fraction of sp³-hybridized carbons (Fsp3) is 0.250. The Morgan fingerprint density at radius 1 is 1.20 bits per heavy atom. The van der Waals surface area contributed by atoms with E-state index in [2.05, 4.69) is 46.4 Å². The van der Waals surface area contributed by atoms with E-state index < -0.39 is 0 Å². The van der Waals surface area contributed by atoms with Gasteiger partial charge in [-0.2, -0.15) is 0 Å². The molecule has 2 nitrogen and oxygen atoms in total. The molecule has 0 amide bonds. The topological polar surface area (TPSA) is 21.3 Å². The van der Waals surface area contributed by atoms with E-state index in [0.717, 1.165) is 21.3 Å². The Kier molecular flexibility index (Phi) is 5.08. The number of rotatable bonds is 4. The van der Waals surface area contributed by atoms with E-state index in [1.165, 1.54) is 5.56 Å². The lowest BCUT2D eigenvalue weighted by Crippen LogP contribution is -2.18. The van der Waals surface area contributed by atoms with E-state index in [9.17, 15) is 0 Å². The highest BCUT2D eigenvalue weighted by molar-refractivity contribution is 9.10. The van der Waals surface area contributed by atoms with Crippen molar-refractivity contribution in [3.8, 4) is 5.75 Å². The minimum atomic E-state index is 0.0283. The standard InChI is InChI=1S/C16H17BrClNO/c1-10-4-5-11(8-14(10)17)16(19-2)13-9-12(18)6-7-15(13)20-3/h4-9,16,19H,1-3H3. The average Bonchev–Trinajstić information content (AvgIpc) is 2.44. The van der Waals surface area contributed by atoms with E-state index >= 15 is 0 Å². The van der Waals surface area contributed by atoms with Crippen LogP contribution in [0, 0.1) is 6.92 Å². The Morgan fingerprint density at radius 3 is 2.55 bits per heavy atom. The minimum Gasteiger partial charge on any atom is -0.496 e. The Morgan fingerprint density at radius 2 is 1.95 bits per heavy atom. The maximum atomic E-state index is 6.13. The maximum absolute atomic E-state index is 6.13. The largest absolute Gasteiger partial charge is 0.496 e. The molecule has 0 aromatic heterocycles. The van der Waals surface area contributed by atoms with Gasteiger partial charge >= 0.3 is 0 Å². The first-order valence-electron chi connectivity index (χ1n) is 6.33. The molecule has 0 aliphatic heterocycles. The highest BCUT2D eigenvalue weighted by Crippen LogP contribution is 2.33. The van der Waals surface area contributed by atoms with Crippen molar-refractivity contribution >= 4 is 27.5 Å². The number of hydrogen-bond donors (Lipinski definition) is 1. The summed E-state index contributed by atoms with van der Waals surface area (Å²) in [6.07, 6.45) is 0. The molecule has 106 valence electrons. The van der Waals surface area contributed by atoms with Gasteiger partial charge in [-0.25, -0.2) is 0 Å². The van der Waals surface area contributed by atoms with Crippen molar-refractivity contribution in [2.75, 3.05) is 14.2 Å². The number of methoxy groups -OCH3 is 1. The van der Waals surface area contributed by atoms with Crippen molar-refractivity contribution in [3.05, 3.63) is 62.6 Å². The number of benzene rings is 2. The Hall–Kier alpha value is -1.03. The van der Waals surface area contributed by atoms with Gasteiger partial charge < -0.3 is 10.1 Å². The summed E-state index contributed by atoms with van der Waals surface area (Å²) in [6.45, 7) is 2.07. The van der Waals surface area contributed by atoms with Crippen molar-refractivity contribution in [2.24, 2.45) is 0 Å². The molecule has 2 aromatic rings. The highest BCUT2D eigenvalue weighted by atomic mass is 79.9. The van der Waals surface area contributed by atoms with Gasteiger partial charge in [0.25, 0.3) is 0 Å². The molecule has 1 atom stereocenters. The molecule has 0 bridgehead atoms. The average molecular weight is 355 g/mol. The van der Waals surface area contributed by atoms with Crippen LogP contribution < -0.4 is 10.1 Å². The molecular formula is C16H17BrClNO. The second-order valence-corrected chi connectivity index (χ2v) is 5.91. The lowest BCUT2D eigenvalue weighted by atomic mass is 9.97. The van der Waals surface area contributed by atoms with Gasteiger partial charge in [0, 0.05) is 15.1 Å². The van der Waals surface area contributed by atoms with Gasteiger partial charge in [0.05, 0.1) is 13.2 Å². The van der Waals surface area contributed by atoms with E-state index in [-0.39, 0.29) is 6.04 Å². The summed E-state index contributed by atoms with van der Waals surface area (Å²) < 4.78 is 6.54. The third-order valence-corrected chi connectivity index (χ3v) is 4.41. The Balaban J connectivity index is 2.51. The molecule has 0 spiro atoms. The van der Waals surface area contributed by atoms with Crippen LogP contribution in [-0.4, -0.2) is 14.2 Å². The van der Waals surface area contributed by atoms with Crippen molar-refractivity contribution < 1.29 is 4.74 Å². The number of aryl methyl sites for hydroxylation is 1. The van der Waals surface area contributed by atoms with Gasteiger partial charge in [0.2, 0.25) is 0 Å². The number of hydrogen-bond acceptors (Lipinski definition) is 2. The van der Waals surface area contributed by atoms with Gasteiger partial charge in [-0.1, -0.05) is 39.7 Å². The normalized spacial score (nSPS) is 12.2. The van der Waals surface area contributed by atoms with Crippen molar-refractivity contribution in [1.82, 2.24) is 5.32 Å². The minimum absolute atomic E-state index is 0.0283. The van der Waals surface area contributed by atoms with Crippen LogP contribution in [0.5, 0.6) is 5.75 Å². The smallest absolute Gasteiger partial charge is 0.124 e. The van der Waals surface area contributed by atoms with Crippen molar-refractivity contribution in [3.63, 3.8) is 0 Å². The summed E-state index contributed by atoms with van der Waals surface area (Å²) in [7, 11) is 3.60. The molecule has 0 aliphatic rings. The van der Waals surface area contributed by atoms with Gasteiger partial charge in [-0.3, -0.25) is 0 Å². The van der Waals surface area contributed by atoms with E-state index in [0.29, 0.717) is 5.02 Å². The summed E-state index contributed by atoms with van der Waals surface area (Å²) in [5, 5.41) is 4.02. The summed E-state index contributed by atoms with van der Waals surface area (Å²) in [5.41, 5.74) is 3.39. The molecule has 2 aromatic carbocycles. The van der Waals surface area contributed by atoms with E-state index in [1.807, 2.05) is 25.2 Å². The SMILES string of the molecule is CNC(c1ccc(C)c(Br)c1)c1cc(Cl)ccc1OC. The second-order valence-electron chi connectivity index (χ2n) is 4.62. The van der Waals surface area contributed by atoms with Crippen molar-refractivity contribution in [1.29, 1.82) is 0 Å². The molecular weight excluding hydrogens is 338 g/mol. The first-order valence-corrected chi connectivity index (χ1v) is 7.50. The fourth-order valence-electron chi connectivity index (χ4n) is 2.22. The maximum Gasteiger partial charge on any atom is 0.124 e. The first-order chi connectivity index (χ1) is 9.56. The predicted octanol–water partition coefficient (Wildman–Crippen LogP) is 4.73. The molecule has 1 unspecified atom stereocenters. The van der Waals surface area contributed by atoms with Crippen LogP contribution in [0.4, 0.5) is 0 Å². The molecule has 0 saturated carbocycles. The molecule has 0 fully saturated rings. The van der Waals surface area contributed by atoms with Gasteiger partial charge in [0.15, 0.2) is 0 Å². The Labute approximate surface area is 133 Å². The van der Waals surface area contributed by atoms with Gasteiger partial charge in [-0.15, -0.1) is 0 Å². The van der Waals surface area contributed by atoms with Crippen LogP contribution in [0.1, 0.15) is 22.7 Å². The summed E-state index contributed by atoms with van der Waals surface area (Å²) >= 11 is 9.71. The molecule has 0 saturated heterocycles. The lowest BCUT2D eigenvalue weighted by molar-refractivity contribution is 0.405. The van der Waals surface area contributed by atoms with E-state index in [1.54, 1.807) is 7.11 Å². The number of ether oxygens (including phenoxy) is 1. The van der Waals surface area contributed by atoms with Gasteiger partial charge in [0.1, 0.15) is 5.75 Å². The summed E-state index contributed by atoms with van der Waals surface area (Å²) in [6, 6.07) is 12.0. The second kappa shape index (κ2) is 6.61. The molecule has 2 rings (SSSR count). The zero-order chi connectivity index (χ0) is 14.7. The van der Waals surface area contributed by atoms with Crippen LogP contribution in [-0.2, 0) is 0 Å². The quantitative estimate of drug-likeness (QED) is 0.857.